The van der Waals surface area contributed by atoms with Crippen LogP contribution >= 0.6 is 11.3 Å². The SMILES string of the molecule is Cc1cc(-c2csc(-c3cccnc3N)n2)cc2c1OCC(=O)N2. The Labute approximate surface area is 142 Å². The fourth-order valence-electron chi connectivity index (χ4n) is 2.66. The van der Waals surface area contributed by atoms with Gasteiger partial charge in [0.25, 0.3) is 5.91 Å². The summed E-state index contributed by atoms with van der Waals surface area (Å²) in [5.74, 6) is 1.02. The smallest absolute Gasteiger partial charge is 0.262 e. The Balaban J connectivity index is 1.75. The highest BCUT2D eigenvalue weighted by Crippen LogP contribution is 2.37. The standard InChI is InChI=1S/C17H14N4O2S/c1-9-5-10(6-12-15(9)23-7-14(22)20-12)13-8-24-17(21-13)11-3-2-4-19-16(11)18/h2-6,8H,7H2,1H3,(H2,18,19)(H,20,22). The van der Waals surface area contributed by atoms with Gasteiger partial charge in [0.1, 0.15) is 16.6 Å². The van der Waals surface area contributed by atoms with E-state index in [0.717, 1.165) is 27.4 Å². The minimum absolute atomic E-state index is 0.0499. The van der Waals surface area contributed by atoms with Crippen molar-refractivity contribution >= 4 is 28.7 Å². The third kappa shape index (κ3) is 2.48. The Morgan fingerprint density at radius 3 is 3.08 bits per heavy atom. The van der Waals surface area contributed by atoms with Crippen molar-refractivity contribution in [1.82, 2.24) is 9.97 Å². The summed E-state index contributed by atoms with van der Waals surface area (Å²) in [6, 6.07) is 7.62. The fraction of sp³-hybridized carbons (Fsp3) is 0.118. The lowest BCUT2D eigenvalue weighted by atomic mass is 10.1. The van der Waals surface area contributed by atoms with E-state index in [9.17, 15) is 4.79 Å². The Morgan fingerprint density at radius 1 is 1.38 bits per heavy atom. The molecule has 6 nitrogen and oxygen atoms in total. The summed E-state index contributed by atoms with van der Waals surface area (Å²) in [6.45, 7) is 2.00. The van der Waals surface area contributed by atoms with Gasteiger partial charge in [-0.05, 0) is 36.8 Å². The number of thiazole rings is 1. The van der Waals surface area contributed by atoms with Crippen molar-refractivity contribution in [2.45, 2.75) is 6.92 Å². The maximum Gasteiger partial charge on any atom is 0.262 e. The van der Waals surface area contributed by atoms with Crippen molar-refractivity contribution in [3.63, 3.8) is 0 Å². The van der Waals surface area contributed by atoms with Gasteiger partial charge < -0.3 is 15.8 Å². The second-order valence-corrected chi connectivity index (χ2v) is 6.34. The highest BCUT2D eigenvalue weighted by molar-refractivity contribution is 7.13. The number of carbonyl (C=O) groups is 1. The second kappa shape index (κ2) is 5.61. The first-order valence-electron chi connectivity index (χ1n) is 7.36. The van der Waals surface area contributed by atoms with E-state index in [0.29, 0.717) is 17.3 Å². The maximum atomic E-state index is 11.5. The van der Waals surface area contributed by atoms with Crippen LogP contribution in [0.4, 0.5) is 11.5 Å². The molecule has 1 aliphatic rings. The second-order valence-electron chi connectivity index (χ2n) is 5.48. The molecular weight excluding hydrogens is 324 g/mol. The topological polar surface area (TPSA) is 90.1 Å². The molecule has 1 aromatic carbocycles. The average molecular weight is 338 g/mol. The van der Waals surface area contributed by atoms with Crippen LogP contribution in [-0.2, 0) is 4.79 Å². The predicted octanol–water partition coefficient (Wildman–Crippen LogP) is 3.09. The zero-order chi connectivity index (χ0) is 16.7. The van der Waals surface area contributed by atoms with Crippen LogP contribution in [0.15, 0.2) is 35.8 Å². The Kier molecular flexibility index (Phi) is 3.42. The van der Waals surface area contributed by atoms with Gasteiger partial charge in [-0.25, -0.2) is 9.97 Å². The van der Waals surface area contributed by atoms with Crippen molar-refractivity contribution in [3.05, 3.63) is 41.4 Å². The molecular formula is C17H14N4O2S. The number of carbonyl (C=O) groups excluding carboxylic acids is 1. The molecule has 4 rings (SSSR count). The molecule has 0 radical (unpaired) electrons. The lowest BCUT2D eigenvalue weighted by Gasteiger charge is -2.20. The van der Waals surface area contributed by atoms with Crippen LogP contribution in [0.25, 0.3) is 21.8 Å². The number of nitrogens with zero attached hydrogens (tertiary/aromatic N) is 2. The van der Waals surface area contributed by atoms with E-state index >= 15 is 0 Å². The van der Waals surface area contributed by atoms with Gasteiger partial charge in [0.2, 0.25) is 0 Å². The van der Waals surface area contributed by atoms with E-state index in [1.54, 1.807) is 6.20 Å². The summed E-state index contributed by atoms with van der Waals surface area (Å²) in [7, 11) is 0. The lowest BCUT2D eigenvalue weighted by Crippen LogP contribution is -2.25. The maximum absolute atomic E-state index is 11.5. The number of aryl methyl sites for hydroxylation is 1. The molecule has 7 heteroatoms. The fourth-order valence-corrected chi connectivity index (χ4v) is 3.52. The van der Waals surface area contributed by atoms with Gasteiger partial charge in [-0.2, -0.15) is 0 Å². The van der Waals surface area contributed by atoms with Crippen LogP contribution in [0.1, 0.15) is 5.56 Å². The molecule has 0 saturated carbocycles. The van der Waals surface area contributed by atoms with Gasteiger partial charge in [0.05, 0.1) is 16.9 Å². The quantitative estimate of drug-likeness (QED) is 0.749. The minimum Gasteiger partial charge on any atom is -0.481 e. The van der Waals surface area contributed by atoms with Gasteiger partial charge in [-0.15, -0.1) is 11.3 Å². The number of fused-ring (bicyclic) bond motifs is 1. The first-order valence-corrected chi connectivity index (χ1v) is 8.24. The van der Waals surface area contributed by atoms with Crippen molar-refractivity contribution in [3.8, 4) is 27.6 Å². The molecule has 0 aliphatic carbocycles. The normalized spacial score (nSPS) is 13.1. The van der Waals surface area contributed by atoms with Gasteiger partial charge in [0.15, 0.2) is 6.61 Å². The molecule has 0 bridgehead atoms. The van der Waals surface area contributed by atoms with Crippen LogP contribution in [0.5, 0.6) is 5.75 Å². The van der Waals surface area contributed by atoms with E-state index in [2.05, 4.69) is 15.3 Å². The molecule has 24 heavy (non-hydrogen) atoms. The number of aromatic nitrogens is 2. The van der Waals surface area contributed by atoms with Crippen LogP contribution < -0.4 is 15.8 Å². The van der Waals surface area contributed by atoms with Gasteiger partial charge in [-0.1, -0.05) is 0 Å². The molecule has 1 amide bonds. The molecule has 1 aliphatic heterocycles. The van der Waals surface area contributed by atoms with Crippen molar-refractivity contribution in [2.24, 2.45) is 0 Å². The van der Waals surface area contributed by atoms with Crippen molar-refractivity contribution in [2.75, 3.05) is 17.7 Å². The van der Waals surface area contributed by atoms with Crippen LogP contribution in [0.3, 0.4) is 0 Å². The highest BCUT2D eigenvalue weighted by atomic mass is 32.1. The number of hydrogen-bond acceptors (Lipinski definition) is 6. The number of amides is 1. The van der Waals surface area contributed by atoms with Crippen LogP contribution in [0, 0.1) is 6.92 Å². The van der Waals surface area contributed by atoms with Gasteiger partial charge in [-0.3, -0.25) is 4.79 Å². The average Bonchev–Trinajstić information content (AvgIpc) is 3.04. The Bertz CT molecular complexity index is 952. The molecule has 2 aromatic heterocycles. The molecule has 3 N–H and O–H groups in total. The number of ether oxygens (including phenoxy) is 1. The molecule has 3 aromatic rings. The van der Waals surface area contributed by atoms with Crippen LogP contribution in [0.2, 0.25) is 0 Å². The largest absolute Gasteiger partial charge is 0.481 e. The zero-order valence-electron chi connectivity index (χ0n) is 12.9. The molecule has 0 unspecified atom stereocenters. The molecule has 0 spiro atoms. The summed E-state index contributed by atoms with van der Waals surface area (Å²) >= 11 is 1.51. The van der Waals surface area contributed by atoms with Crippen molar-refractivity contribution < 1.29 is 9.53 Å². The summed E-state index contributed by atoms with van der Waals surface area (Å²) in [5.41, 5.74) is 10.1. The molecule has 0 saturated heterocycles. The predicted molar refractivity (Wildman–Crippen MR) is 94.1 cm³/mol. The number of hydrogen-bond donors (Lipinski definition) is 2. The number of benzene rings is 1. The summed E-state index contributed by atoms with van der Waals surface area (Å²) in [6.07, 6.45) is 1.66. The first-order chi connectivity index (χ1) is 11.6. The summed E-state index contributed by atoms with van der Waals surface area (Å²) < 4.78 is 5.49. The third-order valence-corrected chi connectivity index (χ3v) is 4.64. The van der Waals surface area contributed by atoms with Gasteiger partial charge >= 0.3 is 0 Å². The summed E-state index contributed by atoms with van der Waals surface area (Å²) in [5, 5.41) is 5.62. The number of nitrogen functional groups attached to an aromatic ring is 1. The highest BCUT2D eigenvalue weighted by Gasteiger charge is 2.20. The molecule has 0 fully saturated rings. The number of rotatable bonds is 2. The first kappa shape index (κ1) is 14.6. The van der Waals surface area contributed by atoms with E-state index in [4.69, 9.17) is 10.5 Å². The molecule has 3 heterocycles. The summed E-state index contributed by atoms with van der Waals surface area (Å²) in [4.78, 5) is 20.3. The van der Waals surface area contributed by atoms with Gasteiger partial charge in [0, 0.05) is 17.1 Å². The third-order valence-electron chi connectivity index (χ3n) is 3.77. The minimum atomic E-state index is -0.152. The van der Waals surface area contributed by atoms with Crippen molar-refractivity contribution in [1.29, 1.82) is 0 Å². The van der Waals surface area contributed by atoms with E-state index in [1.807, 2.05) is 36.6 Å². The Morgan fingerprint density at radius 2 is 2.25 bits per heavy atom. The van der Waals surface area contributed by atoms with E-state index in [-0.39, 0.29) is 12.5 Å². The van der Waals surface area contributed by atoms with E-state index < -0.39 is 0 Å². The lowest BCUT2D eigenvalue weighted by molar-refractivity contribution is -0.118. The zero-order valence-corrected chi connectivity index (χ0v) is 13.7. The number of pyridine rings is 1. The number of anilines is 2. The Hall–Kier alpha value is -2.93. The molecule has 0 atom stereocenters. The molecule has 120 valence electrons. The number of nitrogens with two attached hydrogens (primary N) is 1. The monoisotopic (exact) mass is 338 g/mol. The number of nitrogens with one attached hydrogen (secondary N) is 1. The van der Waals surface area contributed by atoms with E-state index in [1.165, 1.54) is 11.3 Å². The van der Waals surface area contributed by atoms with Crippen LogP contribution in [-0.4, -0.2) is 22.5 Å².